The van der Waals surface area contributed by atoms with Crippen LogP contribution < -0.4 is 0 Å². The Morgan fingerprint density at radius 2 is 2.23 bits per heavy atom. The molecule has 0 atom stereocenters. The van der Waals surface area contributed by atoms with Gasteiger partial charge in [0.15, 0.2) is 0 Å². The van der Waals surface area contributed by atoms with Gasteiger partial charge in [-0.1, -0.05) is 0 Å². The highest BCUT2D eigenvalue weighted by atomic mass is 16.5. The van der Waals surface area contributed by atoms with Gasteiger partial charge in [0.25, 0.3) is 0 Å². The van der Waals surface area contributed by atoms with Crippen molar-refractivity contribution in [1.29, 1.82) is 0 Å². The molecule has 1 aromatic heterocycles. The standard InChI is InChI=1S/C8H8O5/c1-5(9)12-4-6-2-3-7(13-6)8(10)11/h2-3H,4H2,1H3,(H,10,11). The van der Waals surface area contributed by atoms with Crippen molar-refractivity contribution < 1.29 is 23.8 Å². The van der Waals surface area contributed by atoms with E-state index < -0.39 is 11.9 Å². The molecule has 0 aliphatic carbocycles. The number of rotatable bonds is 3. The number of carboxylic acid groups (broad SMARTS) is 1. The molecule has 0 saturated carbocycles. The summed E-state index contributed by atoms with van der Waals surface area (Å²) in [4.78, 5) is 20.7. The van der Waals surface area contributed by atoms with Crippen LogP contribution in [0.2, 0.25) is 0 Å². The quantitative estimate of drug-likeness (QED) is 0.710. The van der Waals surface area contributed by atoms with Gasteiger partial charge < -0.3 is 14.3 Å². The van der Waals surface area contributed by atoms with Crippen LogP contribution in [0.25, 0.3) is 0 Å². The lowest BCUT2D eigenvalue weighted by Gasteiger charge is -1.96. The number of hydrogen-bond acceptors (Lipinski definition) is 4. The fourth-order valence-corrected chi connectivity index (χ4v) is 0.743. The van der Waals surface area contributed by atoms with E-state index in [0.29, 0.717) is 5.76 Å². The largest absolute Gasteiger partial charge is 0.475 e. The fraction of sp³-hybridized carbons (Fsp3) is 0.250. The zero-order valence-corrected chi connectivity index (χ0v) is 6.94. The van der Waals surface area contributed by atoms with E-state index >= 15 is 0 Å². The number of ether oxygens (including phenoxy) is 1. The van der Waals surface area contributed by atoms with Crippen molar-refractivity contribution >= 4 is 11.9 Å². The predicted octanol–water partition coefficient (Wildman–Crippen LogP) is 1.04. The summed E-state index contributed by atoms with van der Waals surface area (Å²) >= 11 is 0. The van der Waals surface area contributed by atoms with Crippen LogP contribution in [0.4, 0.5) is 0 Å². The first-order chi connectivity index (χ1) is 6.09. The molecule has 0 fully saturated rings. The molecule has 1 rings (SSSR count). The molecule has 0 unspecified atom stereocenters. The first-order valence-electron chi connectivity index (χ1n) is 3.55. The number of esters is 1. The van der Waals surface area contributed by atoms with E-state index in [1.807, 2.05) is 0 Å². The van der Waals surface area contributed by atoms with E-state index in [4.69, 9.17) is 9.52 Å². The monoisotopic (exact) mass is 184 g/mol. The second-order valence-electron chi connectivity index (χ2n) is 2.35. The second-order valence-corrected chi connectivity index (χ2v) is 2.35. The molecule has 0 amide bonds. The maximum Gasteiger partial charge on any atom is 0.371 e. The van der Waals surface area contributed by atoms with E-state index in [9.17, 15) is 9.59 Å². The third-order valence-corrected chi connectivity index (χ3v) is 1.29. The summed E-state index contributed by atoms with van der Waals surface area (Å²) in [5.74, 6) is -1.43. The molecule has 0 bridgehead atoms. The van der Waals surface area contributed by atoms with Gasteiger partial charge in [-0.25, -0.2) is 4.79 Å². The van der Waals surface area contributed by atoms with Crippen LogP contribution in [0.15, 0.2) is 16.5 Å². The van der Waals surface area contributed by atoms with Crippen LogP contribution in [0.1, 0.15) is 23.2 Å². The summed E-state index contributed by atoms with van der Waals surface area (Å²) in [5, 5.41) is 8.47. The lowest BCUT2D eigenvalue weighted by atomic mass is 10.4. The number of hydrogen-bond donors (Lipinski definition) is 1. The minimum Gasteiger partial charge on any atom is -0.475 e. The van der Waals surface area contributed by atoms with Gasteiger partial charge >= 0.3 is 11.9 Å². The third kappa shape index (κ3) is 2.62. The van der Waals surface area contributed by atoms with Gasteiger partial charge in [-0.05, 0) is 12.1 Å². The van der Waals surface area contributed by atoms with Crippen LogP contribution in [-0.4, -0.2) is 17.0 Å². The molecular formula is C8H8O5. The van der Waals surface area contributed by atoms with Crippen LogP contribution in [0.3, 0.4) is 0 Å². The van der Waals surface area contributed by atoms with E-state index in [0.717, 1.165) is 0 Å². The molecule has 13 heavy (non-hydrogen) atoms. The lowest BCUT2D eigenvalue weighted by molar-refractivity contribution is -0.142. The van der Waals surface area contributed by atoms with Crippen LogP contribution in [0.5, 0.6) is 0 Å². The molecule has 1 N–H and O–H groups in total. The molecule has 1 heterocycles. The Bertz CT molecular complexity index is 325. The second kappa shape index (κ2) is 3.75. The molecule has 0 aliphatic rings. The van der Waals surface area contributed by atoms with Gasteiger partial charge in [0.1, 0.15) is 12.4 Å². The van der Waals surface area contributed by atoms with Crippen molar-refractivity contribution in [2.24, 2.45) is 0 Å². The Hall–Kier alpha value is -1.78. The number of carbonyl (C=O) groups is 2. The summed E-state index contributed by atoms with van der Waals surface area (Å²) in [7, 11) is 0. The van der Waals surface area contributed by atoms with E-state index in [-0.39, 0.29) is 12.4 Å². The summed E-state index contributed by atoms with van der Waals surface area (Å²) < 4.78 is 9.41. The van der Waals surface area contributed by atoms with Crippen molar-refractivity contribution in [2.75, 3.05) is 0 Å². The number of carboxylic acids is 1. The van der Waals surface area contributed by atoms with E-state index in [2.05, 4.69) is 4.74 Å². The van der Waals surface area contributed by atoms with Crippen molar-refractivity contribution in [3.8, 4) is 0 Å². The number of furan rings is 1. The normalized spacial score (nSPS) is 9.62. The molecule has 5 nitrogen and oxygen atoms in total. The van der Waals surface area contributed by atoms with E-state index in [1.165, 1.54) is 19.1 Å². The molecule has 0 spiro atoms. The fourth-order valence-electron chi connectivity index (χ4n) is 0.743. The Balaban J connectivity index is 2.59. The zero-order valence-electron chi connectivity index (χ0n) is 6.94. The Kier molecular flexibility index (Phi) is 2.69. The average Bonchev–Trinajstić information content (AvgIpc) is 2.48. The van der Waals surface area contributed by atoms with Gasteiger partial charge in [0, 0.05) is 6.92 Å². The van der Waals surface area contributed by atoms with Crippen LogP contribution >= 0.6 is 0 Å². The van der Waals surface area contributed by atoms with Gasteiger partial charge in [-0.2, -0.15) is 0 Å². The molecule has 0 aliphatic heterocycles. The number of carbonyl (C=O) groups excluding carboxylic acids is 1. The maximum absolute atomic E-state index is 10.4. The summed E-state index contributed by atoms with van der Waals surface area (Å²) in [6.45, 7) is 1.23. The highest BCUT2D eigenvalue weighted by Gasteiger charge is 2.09. The summed E-state index contributed by atoms with van der Waals surface area (Å²) in [6.07, 6.45) is 0. The molecule has 70 valence electrons. The molecule has 0 radical (unpaired) electrons. The molecular weight excluding hydrogens is 176 g/mol. The van der Waals surface area contributed by atoms with Gasteiger partial charge in [0.2, 0.25) is 5.76 Å². The van der Waals surface area contributed by atoms with Crippen molar-refractivity contribution in [3.63, 3.8) is 0 Å². The minimum absolute atomic E-state index is 0.0391. The number of aromatic carboxylic acids is 1. The van der Waals surface area contributed by atoms with Gasteiger partial charge in [-0.15, -0.1) is 0 Å². The van der Waals surface area contributed by atoms with Crippen molar-refractivity contribution in [1.82, 2.24) is 0 Å². The molecule has 5 heteroatoms. The topological polar surface area (TPSA) is 76.7 Å². The lowest BCUT2D eigenvalue weighted by Crippen LogP contribution is -1.97. The Morgan fingerprint density at radius 1 is 1.54 bits per heavy atom. The van der Waals surface area contributed by atoms with Gasteiger partial charge in [0.05, 0.1) is 0 Å². The maximum atomic E-state index is 10.4. The first-order valence-corrected chi connectivity index (χ1v) is 3.55. The molecule has 0 saturated heterocycles. The van der Waals surface area contributed by atoms with Crippen LogP contribution in [0, 0.1) is 0 Å². The zero-order chi connectivity index (χ0) is 9.84. The Morgan fingerprint density at radius 3 is 2.69 bits per heavy atom. The Labute approximate surface area is 73.9 Å². The smallest absolute Gasteiger partial charge is 0.371 e. The van der Waals surface area contributed by atoms with Gasteiger partial charge in [-0.3, -0.25) is 4.79 Å². The highest BCUT2D eigenvalue weighted by Crippen LogP contribution is 2.08. The molecule has 1 aromatic rings. The highest BCUT2D eigenvalue weighted by molar-refractivity contribution is 5.84. The SMILES string of the molecule is CC(=O)OCc1ccc(C(=O)O)o1. The minimum atomic E-state index is -1.14. The summed E-state index contributed by atoms with van der Waals surface area (Å²) in [5.41, 5.74) is 0. The average molecular weight is 184 g/mol. The third-order valence-electron chi connectivity index (χ3n) is 1.29. The van der Waals surface area contributed by atoms with Crippen LogP contribution in [-0.2, 0) is 16.1 Å². The predicted molar refractivity (Wildman–Crippen MR) is 41.1 cm³/mol. The summed E-state index contributed by atoms with van der Waals surface area (Å²) in [6, 6.07) is 2.76. The van der Waals surface area contributed by atoms with Crippen molar-refractivity contribution in [2.45, 2.75) is 13.5 Å². The van der Waals surface area contributed by atoms with E-state index in [1.54, 1.807) is 0 Å². The molecule has 0 aromatic carbocycles. The van der Waals surface area contributed by atoms with Crippen molar-refractivity contribution in [3.05, 3.63) is 23.7 Å². The first kappa shape index (κ1) is 9.31.